The third-order valence-electron chi connectivity index (χ3n) is 5.72. The van der Waals surface area contributed by atoms with Gasteiger partial charge in [0.2, 0.25) is 11.5 Å². The molecule has 0 bridgehead atoms. The van der Waals surface area contributed by atoms with Crippen molar-refractivity contribution in [2.45, 2.75) is 44.9 Å². The van der Waals surface area contributed by atoms with Crippen LogP contribution in [0.15, 0.2) is 30.3 Å². The van der Waals surface area contributed by atoms with E-state index in [4.69, 9.17) is 36.2 Å². The average Bonchev–Trinajstić information content (AvgIpc) is 2.90. The third kappa shape index (κ3) is 6.49. The zero-order valence-corrected chi connectivity index (χ0v) is 22.7. The first-order valence-electron chi connectivity index (χ1n) is 11.1. The minimum Gasteiger partial charge on any atom is -0.492 e. The number of carbonyl (C=O) groups is 1. The van der Waals surface area contributed by atoms with Crippen LogP contribution in [0.3, 0.4) is 0 Å². The predicted molar refractivity (Wildman–Crippen MR) is 136 cm³/mol. The molecule has 192 valence electrons. The van der Waals surface area contributed by atoms with E-state index < -0.39 is 12.3 Å². The standard InChI is InChI=1S/C25H31IO9/c1-15-20(25(27)33-14-18-11-17(35-26)12-19(28-2)34-18)22(30-4)23(31-5)24(21(15)29-3)32-13-16-9-7-6-8-10-16/h6-10,17-19H,11-14H2,1-5H3. The lowest BCUT2D eigenvalue weighted by molar-refractivity contribution is -0.204. The van der Waals surface area contributed by atoms with Gasteiger partial charge in [0.15, 0.2) is 17.8 Å². The van der Waals surface area contributed by atoms with E-state index >= 15 is 0 Å². The van der Waals surface area contributed by atoms with Crippen LogP contribution in [0.5, 0.6) is 23.0 Å². The van der Waals surface area contributed by atoms with Gasteiger partial charge < -0.3 is 36.2 Å². The molecule has 9 nitrogen and oxygen atoms in total. The minimum absolute atomic E-state index is 0.0225. The molecule has 3 atom stereocenters. The third-order valence-corrected chi connectivity index (χ3v) is 6.44. The van der Waals surface area contributed by atoms with Gasteiger partial charge in [-0.3, -0.25) is 0 Å². The zero-order chi connectivity index (χ0) is 25.4. The maximum atomic E-state index is 13.2. The first kappa shape index (κ1) is 27.3. The Hall–Kier alpha value is -2.28. The van der Waals surface area contributed by atoms with Gasteiger partial charge in [0.25, 0.3) is 0 Å². The summed E-state index contributed by atoms with van der Waals surface area (Å²) in [7, 11) is 6.00. The van der Waals surface area contributed by atoms with Crippen molar-refractivity contribution >= 4 is 29.0 Å². The lowest BCUT2D eigenvalue weighted by Gasteiger charge is -2.33. The second kappa shape index (κ2) is 13.1. The molecule has 1 aliphatic heterocycles. The maximum absolute atomic E-state index is 13.2. The summed E-state index contributed by atoms with van der Waals surface area (Å²) in [6.45, 7) is 2.04. The predicted octanol–water partition coefficient (Wildman–Crippen LogP) is 4.64. The van der Waals surface area contributed by atoms with Crippen LogP contribution in [0.25, 0.3) is 0 Å². The molecule has 1 saturated heterocycles. The number of methoxy groups -OCH3 is 4. The van der Waals surface area contributed by atoms with Crippen LogP contribution in [-0.4, -0.2) is 59.5 Å². The second-order valence-electron chi connectivity index (χ2n) is 7.91. The maximum Gasteiger partial charge on any atom is 0.342 e. The highest BCUT2D eigenvalue weighted by molar-refractivity contribution is 14.1. The van der Waals surface area contributed by atoms with Crippen molar-refractivity contribution in [3.8, 4) is 23.0 Å². The van der Waals surface area contributed by atoms with Gasteiger partial charge in [0.05, 0.1) is 33.5 Å². The van der Waals surface area contributed by atoms with Gasteiger partial charge in [-0.2, -0.15) is 0 Å². The van der Waals surface area contributed by atoms with Gasteiger partial charge in [0.1, 0.15) is 41.8 Å². The van der Waals surface area contributed by atoms with Crippen LogP contribution < -0.4 is 18.9 Å². The molecule has 1 aliphatic rings. The van der Waals surface area contributed by atoms with E-state index in [1.807, 2.05) is 53.3 Å². The largest absolute Gasteiger partial charge is 0.492 e. The van der Waals surface area contributed by atoms with E-state index in [9.17, 15) is 4.79 Å². The first-order chi connectivity index (χ1) is 17.0. The van der Waals surface area contributed by atoms with E-state index in [-0.39, 0.29) is 42.5 Å². The molecular formula is C25H31IO9. The quantitative estimate of drug-likeness (QED) is 0.270. The Morgan fingerprint density at radius 2 is 1.66 bits per heavy atom. The van der Waals surface area contributed by atoms with E-state index in [1.54, 1.807) is 14.0 Å². The molecule has 0 aliphatic carbocycles. The Morgan fingerprint density at radius 3 is 2.26 bits per heavy atom. The number of hydrogen-bond donors (Lipinski definition) is 0. The van der Waals surface area contributed by atoms with Gasteiger partial charge in [-0.05, 0) is 12.5 Å². The van der Waals surface area contributed by atoms with Crippen LogP contribution in [-0.2, 0) is 23.9 Å². The van der Waals surface area contributed by atoms with E-state index in [0.29, 0.717) is 29.9 Å². The number of halogens is 1. The lowest BCUT2D eigenvalue weighted by Crippen LogP contribution is -2.39. The molecule has 2 aromatic rings. The number of hydrogen-bond acceptors (Lipinski definition) is 9. The summed E-state index contributed by atoms with van der Waals surface area (Å²) in [5, 5.41) is 0. The van der Waals surface area contributed by atoms with Crippen LogP contribution in [0.4, 0.5) is 0 Å². The molecule has 3 rings (SSSR count). The van der Waals surface area contributed by atoms with Gasteiger partial charge in [-0.15, -0.1) is 0 Å². The number of rotatable bonds is 11. The van der Waals surface area contributed by atoms with Crippen molar-refractivity contribution in [3.05, 3.63) is 47.0 Å². The lowest BCUT2D eigenvalue weighted by atomic mass is 10.0. The number of esters is 1. The van der Waals surface area contributed by atoms with Gasteiger partial charge >= 0.3 is 5.97 Å². The Labute approximate surface area is 219 Å². The van der Waals surface area contributed by atoms with Crippen LogP contribution in [0.1, 0.15) is 34.3 Å². The molecular weight excluding hydrogens is 571 g/mol. The molecule has 35 heavy (non-hydrogen) atoms. The average molecular weight is 602 g/mol. The fourth-order valence-corrected chi connectivity index (χ4v) is 4.42. The van der Waals surface area contributed by atoms with Gasteiger partial charge in [-0.1, -0.05) is 30.3 Å². The molecule has 10 heteroatoms. The van der Waals surface area contributed by atoms with Crippen molar-refractivity contribution in [1.82, 2.24) is 0 Å². The van der Waals surface area contributed by atoms with Crippen LogP contribution in [0.2, 0.25) is 0 Å². The highest BCUT2D eigenvalue weighted by atomic mass is 127. The summed E-state index contributed by atoms with van der Waals surface area (Å²) < 4.78 is 45.1. The van der Waals surface area contributed by atoms with E-state index in [2.05, 4.69) is 0 Å². The summed E-state index contributed by atoms with van der Waals surface area (Å²) in [5.74, 6) is 0.541. The molecule has 0 radical (unpaired) electrons. The molecule has 0 amide bonds. The zero-order valence-electron chi connectivity index (χ0n) is 20.5. The highest BCUT2D eigenvalue weighted by Gasteiger charge is 2.33. The highest BCUT2D eigenvalue weighted by Crippen LogP contribution is 2.50. The summed E-state index contributed by atoms with van der Waals surface area (Å²) in [4.78, 5) is 13.2. The van der Waals surface area contributed by atoms with Crippen LogP contribution >= 0.6 is 23.0 Å². The van der Waals surface area contributed by atoms with Crippen molar-refractivity contribution < 1.29 is 41.0 Å². The summed E-state index contributed by atoms with van der Waals surface area (Å²) in [6, 6.07) is 9.68. The molecule has 0 spiro atoms. The minimum atomic E-state index is -0.597. The molecule has 0 saturated carbocycles. The topological polar surface area (TPSA) is 90.9 Å². The van der Waals surface area contributed by atoms with Crippen LogP contribution in [0, 0.1) is 6.92 Å². The Balaban J connectivity index is 1.86. The molecule has 0 aromatic heterocycles. The number of ether oxygens (including phenoxy) is 7. The Kier molecular flexibility index (Phi) is 10.3. The monoisotopic (exact) mass is 602 g/mol. The molecule has 3 unspecified atom stereocenters. The Bertz CT molecular complexity index is 971. The Morgan fingerprint density at radius 1 is 0.971 bits per heavy atom. The number of benzene rings is 2. The molecule has 1 fully saturated rings. The first-order valence-corrected chi connectivity index (χ1v) is 12.0. The van der Waals surface area contributed by atoms with E-state index in [1.165, 1.54) is 21.3 Å². The van der Waals surface area contributed by atoms with Crippen molar-refractivity contribution in [2.75, 3.05) is 35.0 Å². The summed E-state index contributed by atoms with van der Waals surface area (Å²) >= 11 is 1.86. The van der Waals surface area contributed by atoms with Crippen molar-refractivity contribution in [1.29, 1.82) is 0 Å². The molecule has 2 aromatic carbocycles. The van der Waals surface area contributed by atoms with E-state index in [0.717, 1.165) is 5.56 Å². The fraction of sp³-hybridized carbons (Fsp3) is 0.480. The van der Waals surface area contributed by atoms with Crippen molar-refractivity contribution in [3.63, 3.8) is 0 Å². The van der Waals surface area contributed by atoms with Gasteiger partial charge in [0, 0.05) is 25.5 Å². The fourth-order valence-electron chi connectivity index (χ4n) is 4.01. The van der Waals surface area contributed by atoms with Gasteiger partial charge in [-0.25, -0.2) is 4.79 Å². The molecule has 0 N–H and O–H groups in total. The smallest absolute Gasteiger partial charge is 0.342 e. The summed E-state index contributed by atoms with van der Waals surface area (Å²) in [5.41, 5.74) is 1.66. The number of carbonyl (C=O) groups excluding carboxylic acids is 1. The summed E-state index contributed by atoms with van der Waals surface area (Å²) in [6.07, 6.45) is 0.321. The SMILES string of the molecule is COc1c(C)c(C(=O)OCC2CC(OI)CC(OC)O2)c(OC)c(OC)c1OCc1ccccc1. The van der Waals surface area contributed by atoms with Crippen molar-refractivity contribution in [2.24, 2.45) is 0 Å². The molecule has 1 heterocycles. The normalized spacial score (nSPS) is 19.7. The second-order valence-corrected chi connectivity index (χ2v) is 8.42.